The van der Waals surface area contributed by atoms with Gasteiger partial charge in [-0.3, -0.25) is 14.9 Å². The highest BCUT2D eigenvalue weighted by Gasteiger charge is 2.76. The summed E-state index contributed by atoms with van der Waals surface area (Å²) in [7, 11) is 0. The van der Waals surface area contributed by atoms with Gasteiger partial charge < -0.3 is 5.32 Å². The predicted molar refractivity (Wildman–Crippen MR) is 112 cm³/mol. The highest BCUT2D eigenvalue weighted by Crippen LogP contribution is 2.65. The minimum absolute atomic E-state index is 0.179. The van der Waals surface area contributed by atoms with E-state index in [1.54, 1.807) is 6.07 Å². The van der Waals surface area contributed by atoms with E-state index in [1.807, 2.05) is 68.4 Å². The first kappa shape index (κ1) is 18.1. The van der Waals surface area contributed by atoms with Crippen molar-refractivity contribution in [3.63, 3.8) is 0 Å². The number of hydrogen-bond acceptors (Lipinski definition) is 5. The Morgan fingerprint density at radius 3 is 2.69 bits per heavy atom. The van der Waals surface area contributed by atoms with Crippen molar-refractivity contribution >= 4 is 28.6 Å². The van der Waals surface area contributed by atoms with Crippen LogP contribution >= 0.6 is 11.8 Å². The van der Waals surface area contributed by atoms with Gasteiger partial charge in [0.1, 0.15) is 4.75 Å². The standard InChI is InChI=1S/C22H19N3O3S/c1-13-6-5-8-15(12-13)18-19(25(27)28)22(24-20(26)21(18,2)29-22)17-11-10-14-7-3-4-9-16(14)23-17/h3-12,18-19H,1-2H3,(H,24,26). The topological polar surface area (TPSA) is 85.1 Å². The Bertz CT molecular complexity index is 1180. The van der Waals surface area contributed by atoms with Gasteiger partial charge in [-0.1, -0.05) is 54.1 Å². The number of rotatable bonds is 3. The molecule has 7 heteroatoms. The van der Waals surface area contributed by atoms with Crippen LogP contribution in [0, 0.1) is 17.0 Å². The molecule has 2 bridgehead atoms. The van der Waals surface area contributed by atoms with Crippen LogP contribution in [-0.2, 0) is 9.67 Å². The summed E-state index contributed by atoms with van der Waals surface area (Å²) in [6, 6.07) is 18.0. The van der Waals surface area contributed by atoms with Gasteiger partial charge in [0.15, 0.2) is 4.87 Å². The number of piperidine rings is 1. The first-order valence-electron chi connectivity index (χ1n) is 9.44. The fourth-order valence-electron chi connectivity index (χ4n) is 4.75. The van der Waals surface area contributed by atoms with E-state index < -0.39 is 21.6 Å². The number of fused-ring (bicyclic) bond motifs is 3. The van der Waals surface area contributed by atoms with Gasteiger partial charge in [0.25, 0.3) is 6.04 Å². The van der Waals surface area contributed by atoms with Gasteiger partial charge in [0.05, 0.1) is 17.1 Å². The maximum Gasteiger partial charge on any atom is 0.259 e. The number of nitrogens with zero attached hydrogens (tertiary/aromatic N) is 2. The van der Waals surface area contributed by atoms with E-state index in [0.29, 0.717) is 5.69 Å². The van der Waals surface area contributed by atoms with Crippen LogP contribution in [0.5, 0.6) is 0 Å². The first-order chi connectivity index (χ1) is 13.8. The molecule has 4 unspecified atom stereocenters. The second kappa shape index (κ2) is 6.03. The van der Waals surface area contributed by atoms with Gasteiger partial charge in [-0.2, -0.15) is 0 Å². The van der Waals surface area contributed by atoms with E-state index in [9.17, 15) is 14.9 Å². The van der Waals surface area contributed by atoms with Crippen LogP contribution in [-0.4, -0.2) is 26.6 Å². The van der Waals surface area contributed by atoms with E-state index >= 15 is 0 Å². The number of carbonyl (C=O) groups is 1. The first-order valence-corrected chi connectivity index (χ1v) is 10.3. The molecule has 6 nitrogen and oxygen atoms in total. The van der Waals surface area contributed by atoms with Crippen LogP contribution in [0.3, 0.4) is 0 Å². The molecule has 1 N–H and O–H groups in total. The zero-order valence-electron chi connectivity index (χ0n) is 16.0. The molecule has 0 aliphatic carbocycles. The second-order valence-corrected chi connectivity index (χ2v) is 9.61. The van der Waals surface area contributed by atoms with E-state index in [2.05, 4.69) is 5.32 Å². The van der Waals surface area contributed by atoms with Crippen LogP contribution in [0.15, 0.2) is 60.7 Å². The van der Waals surface area contributed by atoms with Crippen molar-refractivity contribution in [1.82, 2.24) is 10.3 Å². The average molecular weight is 405 g/mol. The Kier molecular flexibility index (Phi) is 3.77. The molecule has 3 aromatic rings. The third-order valence-electron chi connectivity index (χ3n) is 6.06. The number of hydrogen-bond donors (Lipinski definition) is 1. The number of nitrogens with one attached hydrogen (secondary N) is 1. The molecule has 4 atom stereocenters. The fourth-order valence-corrected chi connectivity index (χ4v) is 6.66. The number of nitro groups is 1. The third-order valence-corrected chi connectivity index (χ3v) is 7.79. The quantitative estimate of drug-likeness (QED) is 0.530. The highest BCUT2D eigenvalue weighted by molar-refractivity contribution is 8.03. The highest BCUT2D eigenvalue weighted by atomic mass is 32.2. The molecule has 2 aliphatic rings. The lowest BCUT2D eigenvalue weighted by atomic mass is 9.74. The van der Waals surface area contributed by atoms with Crippen LogP contribution in [0.2, 0.25) is 0 Å². The number of amides is 1. The van der Waals surface area contributed by atoms with Gasteiger partial charge in [0.2, 0.25) is 5.91 Å². The summed E-state index contributed by atoms with van der Waals surface area (Å²) >= 11 is 1.33. The van der Waals surface area contributed by atoms with Crippen molar-refractivity contribution in [3.8, 4) is 0 Å². The van der Waals surface area contributed by atoms with E-state index in [0.717, 1.165) is 22.0 Å². The Balaban J connectivity index is 1.73. The summed E-state index contributed by atoms with van der Waals surface area (Å²) in [5.74, 6) is -0.730. The van der Waals surface area contributed by atoms with Crippen molar-refractivity contribution in [1.29, 1.82) is 0 Å². The monoisotopic (exact) mass is 405 g/mol. The lowest BCUT2D eigenvalue weighted by molar-refractivity contribution is -0.535. The number of aryl methyl sites for hydroxylation is 1. The van der Waals surface area contributed by atoms with E-state index in [-0.39, 0.29) is 10.8 Å². The molecule has 0 spiro atoms. The van der Waals surface area contributed by atoms with Gasteiger partial charge in [-0.25, -0.2) is 4.98 Å². The van der Waals surface area contributed by atoms with Crippen LogP contribution < -0.4 is 5.32 Å². The van der Waals surface area contributed by atoms with Crippen LogP contribution in [0.25, 0.3) is 10.9 Å². The molecule has 29 heavy (non-hydrogen) atoms. The molecule has 0 saturated carbocycles. The molecular formula is C22H19N3O3S. The molecule has 2 aliphatic heterocycles. The normalized spacial score (nSPS) is 30.5. The summed E-state index contributed by atoms with van der Waals surface area (Å²) < 4.78 is -0.946. The fraction of sp³-hybridized carbons (Fsp3) is 0.273. The lowest BCUT2D eigenvalue weighted by Gasteiger charge is -2.34. The number of carbonyl (C=O) groups excluding carboxylic acids is 1. The van der Waals surface area contributed by atoms with Crippen molar-refractivity contribution in [3.05, 3.63) is 87.6 Å². The predicted octanol–water partition coefficient (Wildman–Crippen LogP) is 3.76. The lowest BCUT2D eigenvalue weighted by Crippen LogP contribution is -2.59. The Morgan fingerprint density at radius 1 is 1.14 bits per heavy atom. The number of thioether (sulfide) groups is 1. The molecule has 2 fully saturated rings. The summed E-state index contributed by atoms with van der Waals surface area (Å²) in [6.45, 7) is 3.76. The molecule has 1 amide bonds. The number of para-hydroxylation sites is 1. The molecule has 1 aromatic heterocycles. The van der Waals surface area contributed by atoms with E-state index in [1.165, 1.54) is 11.8 Å². The van der Waals surface area contributed by atoms with Gasteiger partial charge >= 0.3 is 0 Å². The number of pyridine rings is 1. The molecule has 146 valence electrons. The Morgan fingerprint density at radius 2 is 1.93 bits per heavy atom. The summed E-state index contributed by atoms with van der Waals surface area (Å²) in [5.41, 5.74) is 3.11. The summed E-state index contributed by atoms with van der Waals surface area (Å²) in [6.07, 6.45) is 0. The van der Waals surface area contributed by atoms with Gasteiger partial charge in [0, 0.05) is 10.3 Å². The van der Waals surface area contributed by atoms with Gasteiger partial charge in [-0.15, -0.1) is 11.8 Å². The van der Waals surface area contributed by atoms with Crippen LogP contribution in [0.4, 0.5) is 0 Å². The molecule has 2 aromatic carbocycles. The average Bonchev–Trinajstić information content (AvgIpc) is 3.13. The zero-order valence-corrected chi connectivity index (χ0v) is 16.8. The zero-order chi connectivity index (χ0) is 20.4. The maximum absolute atomic E-state index is 13.1. The SMILES string of the molecule is Cc1cccc(C2C([N+](=O)[O-])C3(c4ccc5ccccc5n4)NC(=O)C2(C)S3)c1. The second-order valence-electron chi connectivity index (χ2n) is 7.91. The van der Waals surface area contributed by atoms with Crippen molar-refractivity contribution < 1.29 is 9.72 Å². The third kappa shape index (κ3) is 2.43. The molecule has 3 heterocycles. The smallest absolute Gasteiger partial charge is 0.259 e. The van der Waals surface area contributed by atoms with E-state index in [4.69, 9.17) is 4.98 Å². The molecule has 5 rings (SSSR count). The minimum Gasteiger partial charge on any atom is -0.329 e. The largest absolute Gasteiger partial charge is 0.329 e. The Hall–Kier alpha value is -2.93. The van der Waals surface area contributed by atoms with Crippen molar-refractivity contribution in [2.75, 3.05) is 0 Å². The summed E-state index contributed by atoms with van der Waals surface area (Å²) in [5, 5.41) is 16.3. The van der Waals surface area contributed by atoms with Crippen molar-refractivity contribution in [2.24, 2.45) is 0 Å². The summed E-state index contributed by atoms with van der Waals surface area (Å²) in [4.78, 5) is 28.7. The molecule has 0 radical (unpaired) electrons. The van der Waals surface area contributed by atoms with Crippen molar-refractivity contribution in [2.45, 2.75) is 35.4 Å². The number of aromatic nitrogens is 1. The molecule has 2 saturated heterocycles. The van der Waals surface area contributed by atoms with Crippen LogP contribution in [0.1, 0.15) is 29.7 Å². The number of benzene rings is 2. The van der Waals surface area contributed by atoms with Gasteiger partial charge in [-0.05, 0) is 31.5 Å². The maximum atomic E-state index is 13.1. The minimum atomic E-state index is -1.20. The molecular weight excluding hydrogens is 386 g/mol. The Labute approximate surface area is 171 Å².